The van der Waals surface area contributed by atoms with Crippen LogP contribution in [0.1, 0.15) is 47.7 Å². The molecule has 9 heteroatoms. The molecule has 0 aromatic carbocycles. The van der Waals surface area contributed by atoms with Crippen LogP contribution in [0.25, 0.3) is 0 Å². The molecule has 2 aromatic heterocycles. The Morgan fingerprint density at radius 2 is 1.87 bits per heavy atom. The van der Waals surface area contributed by atoms with E-state index in [1.807, 2.05) is 48.8 Å². The first-order chi connectivity index (χ1) is 14.7. The van der Waals surface area contributed by atoms with Crippen molar-refractivity contribution in [1.29, 1.82) is 0 Å². The molecule has 31 heavy (non-hydrogen) atoms. The molecule has 2 amide bonds. The van der Waals surface area contributed by atoms with Crippen LogP contribution in [-0.4, -0.2) is 70.9 Å². The van der Waals surface area contributed by atoms with Gasteiger partial charge in [-0.25, -0.2) is 9.48 Å². The number of rotatable bonds is 4. The molecule has 2 aliphatic heterocycles. The van der Waals surface area contributed by atoms with Gasteiger partial charge in [-0.2, -0.15) is 5.10 Å². The lowest BCUT2D eigenvalue weighted by Crippen LogP contribution is -2.56. The Kier molecular flexibility index (Phi) is 6.42. The number of morpholine rings is 1. The predicted octanol–water partition coefficient (Wildman–Crippen LogP) is 3.92. The fourth-order valence-corrected chi connectivity index (χ4v) is 4.91. The summed E-state index contributed by atoms with van der Waals surface area (Å²) in [4.78, 5) is 30.5. The number of amides is 2. The van der Waals surface area contributed by atoms with Gasteiger partial charge >= 0.3 is 6.03 Å². The van der Waals surface area contributed by atoms with Gasteiger partial charge in [-0.05, 0) is 31.0 Å². The number of thiophene rings is 1. The number of hydrogen-bond acceptors (Lipinski definition) is 5. The molecular formula is C22H29ClN4O3S. The Morgan fingerprint density at radius 1 is 1.16 bits per heavy atom. The summed E-state index contributed by atoms with van der Waals surface area (Å²) in [5.74, 6) is 0.146. The monoisotopic (exact) mass is 464 g/mol. The van der Waals surface area contributed by atoms with Crippen molar-refractivity contribution in [3.05, 3.63) is 38.8 Å². The minimum Gasteiger partial charge on any atom is -0.378 e. The van der Waals surface area contributed by atoms with E-state index in [4.69, 9.17) is 21.4 Å². The minimum absolute atomic E-state index is 0.0152. The highest BCUT2D eigenvalue weighted by atomic mass is 35.5. The molecule has 0 spiro atoms. The van der Waals surface area contributed by atoms with E-state index >= 15 is 0 Å². The van der Waals surface area contributed by atoms with Crippen LogP contribution in [0.15, 0.2) is 18.2 Å². The van der Waals surface area contributed by atoms with Crippen LogP contribution >= 0.6 is 22.9 Å². The quantitative estimate of drug-likeness (QED) is 0.687. The Morgan fingerprint density at radius 3 is 2.48 bits per heavy atom. The third-order valence-electron chi connectivity index (χ3n) is 5.74. The van der Waals surface area contributed by atoms with Crippen LogP contribution in [0.3, 0.4) is 0 Å². The van der Waals surface area contributed by atoms with Crippen molar-refractivity contribution in [2.24, 2.45) is 5.41 Å². The van der Waals surface area contributed by atoms with E-state index in [2.05, 4.69) is 0 Å². The van der Waals surface area contributed by atoms with Crippen molar-refractivity contribution in [1.82, 2.24) is 19.6 Å². The molecule has 168 valence electrons. The van der Waals surface area contributed by atoms with Crippen LogP contribution in [0.2, 0.25) is 4.34 Å². The number of aryl methyl sites for hydroxylation is 2. The maximum atomic E-state index is 13.0. The van der Waals surface area contributed by atoms with Gasteiger partial charge in [-0.15, -0.1) is 11.3 Å². The van der Waals surface area contributed by atoms with Gasteiger partial charge in [0.05, 0.1) is 23.2 Å². The summed E-state index contributed by atoms with van der Waals surface area (Å²) in [6, 6.07) is 6.04. The van der Waals surface area contributed by atoms with Gasteiger partial charge in [0, 0.05) is 48.1 Å². The van der Waals surface area contributed by atoms with E-state index in [1.54, 1.807) is 16.0 Å². The lowest BCUT2D eigenvalue weighted by atomic mass is 9.95. The Hall–Kier alpha value is -1.90. The van der Waals surface area contributed by atoms with Crippen molar-refractivity contribution in [2.45, 2.75) is 39.5 Å². The van der Waals surface area contributed by atoms with Crippen LogP contribution in [0.4, 0.5) is 4.79 Å². The highest BCUT2D eigenvalue weighted by Crippen LogP contribution is 2.30. The van der Waals surface area contributed by atoms with Crippen LogP contribution in [0.5, 0.6) is 0 Å². The number of aromatic nitrogens is 2. The molecule has 0 atom stereocenters. The maximum Gasteiger partial charge on any atom is 0.320 e. The molecule has 0 bridgehead atoms. The minimum atomic E-state index is -0.526. The molecule has 2 saturated heterocycles. The van der Waals surface area contributed by atoms with Crippen LogP contribution in [0, 0.1) is 5.41 Å². The smallest absolute Gasteiger partial charge is 0.320 e. The first-order valence-corrected chi connectivity index (χ1v) is 11.9. The Labute approximate surface area is 191 Å². The lowest BCUT2D eigenvalue weighted by Gasteiger charge is -2.42. The van der Waals surface area contributed by atoms with Crippen LogP contribution < -0.4 is 0 Å². The van der Waals surface area contributed by atoms with E-state index in [9.17, 15) is 9.59 Å². The number of nitrogens with zero attached hydrogens (tertiary/aromatic N) is 4. The second-order valence-corrected chi connectivity index (χ2v) is 11.0. The lowest BCUT2D eigenvalue weighted by molar-refractivity contribution is 0.0346. The molecule has 2 aromatic rings. The second-order valence-electron chi connectivity index (χ2n) is 9.22. The number of ether oxygens (including phenoxy) is 1. The van der Waals surface area contributed by atoms with Gasteiger partial charge in [0.1, 0.15) is 0 Å². The highest BCUT2D eigenvalue weighted by Gasteiger charge is 2.37. The first kappa shape index (κ1) is 22.3. The van der Waals surface area contributed by atoms with Crippen molar-refractivity contribution in [3.8, 4) is 0 Å². The predicted molar refractivity (Wildman–Crippen MR) is 121 cm³/mol. The number of carbonyl (C=O) groups is 2. The molecule has 0 unspecified atom stereocenters. The summed E-state index contributed by atoms with van der Waals surface area (Å²) in [5.41, 5.74) is 1.28. The van der Waals surface area contributed by atoms with E-state index in [0.29, 0.717) is 39.4 Å². The fourth-order valence-electron chi connectivity index (χ4n) is 3.83. The second kappa shape index (κ2) is 8.92. The van der Waals surface area contributed by atoms with E-state index in [0.717, 1.165) is 28.6 Å². The summed E-state index contributed by atoms with van der Waals surface area (Å²) in [6.07, 6.45) is 1.53. The summed E-state index contributed by atoms with van der Waals surface area (Å²) in [5, 5.41) is 4.70. The molecule has 0 N–H and O–H groups in total. The van der Waals surface area contributed by atoms with Crippen molar-refractivity contribution in [3.63, 3.8) is 0 Å². The molecule has 0 radical (unpaired) electrons. The van der Waals surface area contributed by atoms with Crippen molar-refractivity contribution < 1.29 is 14.3 Å². The summed E-state index contributed by atoms with van der Waals surface area (Å²) in [6.45, 7) is 9.48. The molecule has 7 nitrogen and oxygen atoms in total. The van der Waals surface area contributed by atoms with Gasteiger partial charge in [-0.1, -0.05) is 32.4 Å². The first-order valence-electron chi connectivity index (χ1n) is 10.7. The molecule has 4 heterocycles. The third-order valence-corrected chi connectivity index (χ3v) is 7.04. The summed E-state index contributed by atoms with van der Waals surface area (Å²) >= 11 is 7.62. The molecular weight excluding hydrogens is 436 g/mol. The van der Waals surface area contributed by atoms with Gasteiger partial charge < -0.3 is 14.5 Å². The van der Waals surface area contributed by atoms with E-state index in [1.165, 1.54) is 4.88 Å². The van der Waals surface area contributed by atoms with Gasteiger partial charge in [0.15, 0.2) is 0 Å². The average molecular weight is 465 g/mol. The summed E-state index contributed by atoms with van der Waals surface area (Å²) < 4.78 is 7.68. The fraction of sp³-hybridized carbons (Fsp3) is 0.591. The normalized spacial score (nSPS) is 17.7. The number of urea groups is 1. The molecule has 2 fully saturated rings. The van der Waals surface area contributed by atoms with E-state index in [-0.39, 0.29) is 17.9 Å². The van der Waals surface area contributed by atoms with Crippen molar-refractivity contribution in [2.75, 3.05) is 39.4 Å². The highest BCUT2D eigenvalue weighted by molar-refractivity contribution is 7.16. The van der Waals surface area contributed by atoms with Crippen molar-refractivity contribution >= 4 is 34.9 Å². The maximum absolute atomic E-state index is 13.0. The number of carbonyl (C=O) groups excluding carboxylic acids is 2. The third kappa shape index (κ3) is 4.96. The molecule has 2 aliphatic rings. The topological polar surface area (TPSA) is 67.7 Å². The largest absolute Gasteiger partial charge is 0.378 e. The zero-order valence-electron chi connectivity index (χ0n) is 18.3. The van der Waals surface area contributed by atoms with Crippen LogP contribution in [-0.2, 0) is 17.6 Å². The molecule has 4 rings (SSSR count). The number of hydrogen-bond donors (Lipinski definition) is 0. The Balaban J connectivity index is 1.46. The summed E-state index contributed by atoms with van der Waals surface area (Å²) in [7, 11) is 0. The standard InChI is InChI=1S/C22H29ClN4O3S/c1-22(2,3)20(28)27-16(4-5-17-6-7-19(23)31-17)12-18(24-27)15-13-26(14-15)21(29)25-8-10-30-11-9-25/h6-7,12,15H,4-5,8-11,13-14H2,1-3H3. The average Bonchev–Trinajstić information content (AvgIpc) is 3.30. The van der Waals surface area contributed by atoms with Gasteiger partial charge in [0.2, 0.25) is 0 Å². The molecule has 0 saturated carbocycles. The molecule has 0 aliphatic carbocycles. The van der Waals surface area contributed by atoms with Gasteiger partial charge in [0.25, 0.3) is 5.91 Å². The Bertz CT molecular complexity index is 952. The zero-order chi connectivity index (χ0) is 22.2. The number of likely N-dealkylation sites (tertiary alicyclic amines) is 1. The van der Waals surface area contributed by atoms with Gasteiger partial charge in [-0.3, -0.25) is 4.79 Å². The van der Waals surface area contributed by atoms with E-state index < -0.39 is 5.41 Å². The SMILES string of the molecule is CC(C)(C)C(=O)n1nc(C2CN(C(=O)N3CCOCC3)C2)cc1CCc1ccc(Cl)s1. The number of halogens is 1. The zero-order valence-corrected chi connectivity index (χ0v) is 19.8.